The molecule has 0 spiro atoms. The lowest BCUT2D eigenvalue weighted by molar-refractivity contribution is 0.0128. The number of nitrogens with one attached hydrogen (secondary N) is 1. The van der Waals surface area contributed by atoms with Gasteiger partial charge in [-0.15, -0.1) is 0 Å². The third-order valence-corrected chi connectivity index (χ3v) is 6.43. The van der Waals surface area contributed by atoms with E-state index in [0.29, 0.717) is 50.0 Å². The van der Waals surface area contributed by atoms with E-state index < -0.39 is 0 Å². The first-order valence-electron chi connectivity index (χ1n) is 13.1. The summed E-state index contributed by atoms with van der Waals surface area (Å²) in [5, 5.41) is 3.44. The van der Waals surface area contributed by atoms with E-state index in [2.05, 4.69) is 5.32 Å². The minimum absolute atomic E-state index is 0.0142. The Morgan fingerprint density at radius 2 is 1.89 bits per heavy atom. The zero-order chi connectivity index (χ0) is 26.6. The van der Waals surface area contributed by atoms with Crippen molar-refractivity contribution >= 4 is 5.91 Å². The maximum atomic E-state index is 13.6. The van der Waals surface area contributed by atoms with Crippen LogP contribution >= 0.6 is 0 Å². The number of hydrogen-bond acceptors (Lipinski definition) is 7. The van der Waals surface area contributed by atoms with Gasteiger partial charge < -0.3 is 33.9 Å². The smallest absolute Gasteiger partial charge is 0.254 e. The average Bonchev–Trinajstić information content (AvgIpc) is 3.35. The molecule has 0 aliphatic carbocycles. The summed E-state index contributed by atoms with van der Waals surface area (Å²) in [5.41, 5.74) is 1.65. The topological polar surface area (TPSA) is 78.5 Å². The van der Waals surface area contributed by atoms with Gasteiger partial charge >= 0.3 is 0 Å². The molecular weight excluding hydrogens is 472 g/mol. The van der Waals surface area contributed by atoms with Gasteiger partial charge in [0, 0.05) is 57.3 Å². The summed E-state index contributed by atoms with van der Waals surface area (Å²) in [6.45, 7) is 10.5. The highest BCUT2D eigenvalue weighted by Crippen LogP contribution is 2.29. The van der Waals surface area contributed by atoms with Crippen LogP contribution in [0.25, 0.3) is 0 Å². The molecule has 8 heteroatoms. The normalized spacial score (nSPS) is 17.1. The lowest BCUT2D eigenvalue weighted by atomic mass is 10.0. The molecule has 8 nitrogen and oxygen atoms in total. The van der Waals surface area contributed by atoms with Crippen molar-refractivity contribution < 1.29 is 28.5 Å². The molecule has 1 amide bonds. The van der Waals surface area contributed by atoms with E-state index in [4.69, 9.17) is 23.7 Å². The molecule has 0 saturated carbocycles. The summed E-state index contributed by atoms with van der Waals surface area (Å²) in [4.78, 5) is 15.5. The minimum Gasteiger partial charge on any atom is -0.494 e. The van der Waals surface area contributed by atoms with Crippen LogP contribution in [0.4, 0.5) is 0 Å². The first-order valence-corrected chi connectivity index (χ1v) is 13.1. The number of carbonyl (C=O) groups is 1. The number of methoxy groups -OCH3 is 2. The van der Waals surface area contributed by atoms with Crippen molar-refractivity contribution in [2.45, 2.75) is 45.9 Å². The Kier molecular flexibility index (Phi) is 11.5. The SMILES string of the molecule is CCOc1cccc(CO[C@H]2CNC[C@H]2CN(C(=O)c2ccc(OC)c(OCCCOC)c2)C(C)C)c1. The Labute approximate surface area is 221 Å². The molecule has 1 aliphatic heterocycles. The minimum atomic E-state index is -0.0329. The molecule has 0 bridgehead atoms. The third-order valence-electron chi connectivity index (χ3n) is 6.43. The fraction of sp³-hybridized carbons (Fsp3) is 0.552. The lowest BCUT2D eigenvalue weighted by Gasteiger charge is -2.31. The third kappa shape index (κ3) is 8.35. The number of rotatable bonds is 15. The number of ether oxygens (including phenoxy) is 5. The highest BCUT2D eigenvalue weighted by atomic mass is 16.5. The van der Waals surface area contributed by atoms with Gasteiger partial charge in [0.2, 0.25) is 0 Å². The molecule has 1 N–H and O–H groups in total. The van der Waals surface area contributed by atoms with Gasteiger partial charge in [0.1, 0.15) is 5.75 Å². The largest absolute Gasteiger partial charge is 0.494 e. The van der Waals surface area contributed by atoms with E-state index in [-0.39, 0.29) is 24.0 Å². The predicted molar refractivity (Wildman–Crippen MR) is 144 cm³/mol. The second-order valence-electron chi connectivity index (χ2n) is 9.46. The molecule has 37 heavy (non-hydrogen) atoms. The summed E-state index contributed by atoms with van der Waals surface area (Å²) in [7, 11) is 3.26. The highest BCUT2D eigenvalue weighted by Gasteiger charge is 2.32. The number of nitrogens with zero attached hydrogens (tertiary/aromatic N) is 1. The predicted octanol–water partition coefficient (Wildman–Crippen LogP) is 4.16. The van der Waals surface area contributed by atoms with E-state index in [9.17, 15) is 4.79 Å². The van der Waals surface area contributed by atoms with Crippen molar-refractivity contribution in [3.05, 3.63) is 53.6 Å². The van der Waals surface area contributed by atoms with Crippen LogP contribution in [0.5, 0.6) is 17.2 Å². The quantitative estimate of drug-likeness (QED) is 0.358. The Morgan fingerprint density at radius 3 is 2.62 bits per heavy atom. The zero-order valence-electron chi connectivity index (χ0n) is 22.8. The van der Waals surface area contributed by atoms with Gasteiger partial charge in [-0.25, -0.2) is 0 Å². The molecule has 1 fully saturated rings. The van der Waals surface area contributed by atoms with Crippen molar-refractivity contribution in [2.75, 3.05) is 53.7 Å². The maximum absolute atomic E-state index is 13.6. The van der Waals surface area contributed by atoms with Crippen LogP contribution in [0.15, 0.2) is 42.5 Å². The van der Waals surface area contributed by atoms with Crippen LogP contribution in [0.2, 0.25) is 0 Å². The van der Waals surface area contributed by atoms with Gasteiger partial charge in [0.05, 0.1) is 33.0 Å². The number of benzene rings is 2. The van der Waals surface area contributed by atoms with Crippen molar-refractivity contribution in [2.24, 2.45) is 5.92 Å². The Bertz CT molecular complexity index is 983. The molecule has 1 heterocycles. The lowest BCUT2D eigenvalue weighted by Crippen LogP contribution is -2.43. The van der Waals surface area contributed by atoms with E-state index >= 15 is 0 Å². The van der Waals surface area contributed by atoms with Crippen molar-refractivity contribution in [1.29, 1.82) is 0 Å². The summed E-state index contributed by atoms with van der Waals surface area (Å²) >= 11 is 0. The van der Waals surface area contributed by atoms with Crippen LogP contribution in [-0.4, -0.2) is 76.6 Å². The van der Waals surface area contributed by atoms with Gasteiger partial charge in [0.25, 0.3) is 5.91 Å². The molecule has 2 aromatic carbocycles. The first kappa shape index (κ1) is 28.8. The van der Waals surface area contributed by atoms with E-state index in [1.54, 1.807) is 32.4 Å². The Hall–Kier alpha value is -2.81. The highest BCUT2D eigenvalue weighted by molar-refractivity contribution is 5.95. The van der Waals surface area contributed by atoms with Crippen LogP contribution in [0, 0.1) is 5.92 Å². The van der Waals surface area contributed by atoms with Crippen LogP contribution in [0.3, 0.4) is 0 Å². The van der Waals surface area contributed by atoms with E-state index in [1.165, 1.54) is 0 Å². The van der Waals surface area contributed by atoms with Gasteiger partial charge in [0.15, 0.2) is 11.5 Å². The Morgan fingerprint density at radius 1 is 1.05 bits per heavy atom. The average molecular weight is 515 g/mol. The van der Waals surface area contributed by atoms with Crippen molar-refractivity contribution in [3.63, 3.8) is 0 Å². The Balaban J connectivity index is 1.66. The molecule has 2 aromatic rings. The zero-order valence-corrected chi connectivity index (χ0v) is 22.8. The molecule has 0 radical (unpaired) electrons. The van der Waals surface area contributed by atoms with Crippen LogP contribution < -0.4 is 19.5 Å². The molecular formula is C29H42N2O6. The van der Waals surface area contributed by atoms with Crippen LogP contribution in [0.1, 0.15) is 43.1 Å². The molecule has 204 valence electrons. The number of hydrogen-bond donors (Lipinski definition) is 1. The monoisotopic (exact) mass is 514 g/mol. The number of amides is 1. The standard InChI is InChI=1S/C29H42N2O6/c1-6-35-25-10-7-9-22(15-25)20-37-28-18-30-17-24(28)19-31(21(2)3)29(32)23-11-12-26(34-5)27(16-23)36-14-8-13-33-4/h7,9-12,15-16,21,24,28,30H,6,8,13-14,17-20H2,1-5H3/t24-,28-/m0/s1. The van der Waals surface area contributed by atoms with Gasteiger partial charge in [-0.3, -0.25) is 4.79 Å². The summed E-state index contributed by atoms with van der Waals surface area (Å²) < 4.78 is 28.3. The molecule has 2 atom stereocenters. The molecule has 0 unspecified atom stereocenters. The van der Waals surface area contributed by atoms with Gasteiger partial charge in [-0.1, -0.05) is 12.1 Å². The van der Waals surface area contributed by atoms with Crippen molar-refractivity contribution in [1.82, 2.24) is 10.2 Å². The molecule has 1 saturated heterocycles. The first-order chi connectivity index (χ1) is 18.0. The van der Waals surface area contributed by atoms with Gasteiger partial charge in [-0.2, -0.15) is 0 Å². The van der Waals surface area contributed by atoms with Gasteiger partial charge in [-0.05, 0) is 56.7 Å². The summed E-state index contributed by atoms with van der Waals surface area (Å²) in [6, 6.07) is 13.4. The second-order valence-corrected chi connectivity index (χ2v) is 9.46. The molecule has 1 aliphatic rings. The summed E-state index contributed by atoms with van der Waals surface area (Å²) in [5.74, 6) is 2.17. The fourth-order valence-electron chi connectivity index (χ4n) is 4.44. The fourth-order valence-corrected chi connectivity index (χ4v) is 4.44. The number of carbonyl (C=O) groups excluding carboxylic acids is 1. The molecule has 0 aromatic heterocycles. The van der Waals surface area contributed by atoms with E-state index in [1.807, 2.05) is 49.9 Å². The molecule has 3 rings (SSSR count). The maximum Gasteiger partial charge on any atom is 0.254 e. The van der Waals surface area contributed by atoms with E-state index in [0.717, 1.165) is 30.8 Å². The second kappa shape index (κ2) is 14.8. The summed E-state index contributed by atoms with van der Waals surface area (Å²) in [6.07, 6.45) is 0.766. The van der Waals surface area contributed by atoms with Crippen molar-refractivity contribution in [3.8, 4) is 17.2 Å². The van der Waals surface area contributed by atoms with Crippen LogP contribution in [-0.2, 0) is 16.1 Å².